The predicted octanol–water partition coefficient (Wildman–Crippen LogP) is 2.40. The Bertz CT molecular complexity index is 133. The summed E-state index contributed by atoms with van der Waals surface area (Å²) >= 11 is 1.49. The molecule has 0 atom stereocenters. The van der Waals surface area contributed by atoms with Crippen molar-refractivity contribution in [2.45, 2.75) is 32.7 Å². The Labute approximate surface area is 86.2 Å². The van der Waals surface area contributed by atoms with E-state index >= 15 is 0 Å². The number of likely N-dealkylation sites (tertiary alicyclic amines) is 1. The van der Waals surface area contributed by atoms with Crippen LogP contribution in [0, 0.1) is 5.92 Å². The first-order chi connectivity index (χ1) is 6.24. The molecular formula is C10H21NOS. The highest BCUT2D eigenvalue weighted by Crippen LogP contribution is 2.20. The zero-order valence-corrected chi connectivity index (χ0v) is 9.77. The van der Waals surface area contributed by atoms with Gasteiger partial charge in [0.15, 0.2) is 0 Å². The highest BCUT2D eigenvalue weighted by molar-refractivity contribution is 7.93. The molecule has 1 rings (SSSR count). The van der Waals surface area contributed by atoms with Crippen molar-refractivity contribution >= 4 is 12.0 Å². The van der Waals surface area contributed by atoms with Crippen LogP contribution in [0.15, 0.2) is 0 Å². The van der Waals surface area contributed by atoms with Crippen LogP contribution in [0.1, 0.15) is 26.7 Å². The van der Waals surface area contributed by atoms with Crippen molar-refractivity contribution in [1.29, 1.82) is 0 Å². The summed E-state index contributed by atoms with van der Waals surface area (Å²) < 4.78 is 5.37. The van der Waals surface area contributed by atoms with Crippen LogP contribution in [-0.2, 0) is 4.18 Å². The third-order valence-corrected chi connectivity index (χ3v) is 3.17. The fraction of sp³-hybridized carbons (Fsp3) is 1.00. The van der Waals surface area contributed by atoms with Crippen LogP contribution in [0.5, 0.6) is 0 Å². The highest BCUT2D eigenvalue weighted by Gasteiger charge is 2.20. The Morgan fingerprint density at radius 2 is 2.00 bits per heavy atom. The molecule has 0 aromatic rings. The van der Waals surface area contributed by atoms with Crippen LogP contribution in [0.2, 0.25) is 0 Å². The summed E-state index contributed by atoms with van der Waals surface area (Å²) in [6, 6.07) is 0.711. The van der Waals surface area contributed by atoms with Gasteiger partial charge in [-0.3, -0.25) is 0 Å². The molecule has 0 aromatic carbocycles. The van der Waals surface area contributed by atoms with E-state index in [1.165, 1.54) is 38.0 Å². The summed E-state index contributed by atoms with van der Waals surface area (Å²) in [4.78, 5) is 2.55. The van der Waals surface area contributed by atoms with Gasteiger partial charge in [0.25, 0.3) is 0 Å². The molecule has 0 radical (unpaired) electrons. The lowest BCUT2D eigenvalue weighted by Crippen LogP contribution is -2.39. The maximum absolute atomic E-state index is 5.37. The molecule has 0 aromatic heterocycles. The van der Waals surface area contributed by atoms with Gasteiger partial charge < -0.3 is 9.08 Å². The minimum atomic E-state index is 0.711. The lowest BCUT2D eigenvalue weighted by Gasteiger charge is -2.34. The Balaban J connectivity index is 2.15. The SMILES string of the molecule is CSOCC1CCN(C(C)C)CC1. The smallest absolute Gasteiger partial charge is 0.0642 e. The summed E-state index contributed by atoms with van der Waals surface area (Å²) in [7, 11) is 0. The highest BCUT2D eigenvalue weighted by atomic mass is 32.2. The monoisotopic (exact) mass is 203 g/mol. The molecule has 0 N–H and O–H groups in total. The first-order valence-corrected chi connectivity index (χ1v) is 6.28. The van der Waals surface area contributed by atoms with E-state index < -0.39 is 0 Å². The molecule has 0 amide bonds. The molecular weight excluding hydrogens is 182 g/mol. The number of hydrogen-bond acceptors (Lipinski definition) is 3. The Hall–Kier alpha value is 0.270. The van der Waals surface area contributed by atoms with Crippen LogP contribution in [-0.4, -0.2) is 36.9 Å². The van der Waals surface area contributed by atoms with Crippen molar-refractivity contribution in [2.24, 2.45) is 5.92 Å². The Kier molecular flexibility index (Phi) is 5.14. The molecule has 1 saturated heterocycles. The average molecular weight is 203 g/mol. The van der Waals surface area contributed by atoms with Crippen LogP contribution in [0.3, 0.4) is 0 Å². The summed E-state index contributed by atoms with van der Waals surface area (Å²) in [5, 5.41) is 0. The van der Waals surface area contributed by atoms with Crippen molar-refractivity contribution in [2.75, 3.05) is 26.0 Å². The second kappa shape index (κ2) is 5.89. The fourth-order valence-electron chi connectivity index (χ4n) is 1.80. The van der Waals surface area contributed by atoms with Crippen LogP contribution in [0.4, 0.5) is 0 Å². The summed E-state index contributed by atoms with van der Waals surface area (Å²) in [5.74, 6) is 0.794. The molecule has 1 fully saturated rings. The maximum atomic E-state index is 5.37. The Morgan fingerprint density at radius 1 is 1.38 bits per heavy atom. The zero-order valence-electron chi connectivity index (χ0n) is 8.95. The van der Waals surface area contributed by atoms with E-state index in [0.717, 1.165) is 12.5 Å². The van der Waals surface area contributed by atoms with Gasteiger partial charge >= 0.3 is 0 Å². The summed E-state index contributed by atoms with van der Waals surface area (Å²) in [6.45, 7) is 7.99. The number of hydrogen-bond donors (Lipinski definition) is 0. The Morgan fingerprint density at radius 3 is 2.46 bits per heavy atom. The normalized spacial score (nSPS) is 21.2. The molecule has 13 heavy (non-hydrogen) atoms. The molecule has 1 heterocycles. The lowest BCUT2D eigenvalue weighted by atomic mass is 9.97. The van der Waals surface area contributed by atoms with E-state index in [0.29, 0.717) is 6.04 Å². The average Bonchev–Trinajstić information content (AvgIpc) is 2.15. The van der Waals surface area contributed by atoms with Gasteiger partial charge in [0.2, 0.25) is 0 Å². The van der Waals surface area contributed by atoms with Crippen LogP contribution in [0.25, 0.3) is 0 Å². The van der Waals surface area contributed by atoms with Gasteiger partial charge in [0.1, 0.15) is 0 Å². The number of piperidine rings is 1. The van der Waals surface area contributed by atoms with Crippen molar-refractivity contribution in [1.82, 2.24) is 4.90 Å². The third-order valence-electron chi connectivity index (χ3n) is 2.80. The maximum Gasteiger partial charge on any atom is 0.0642 e. The van der Waals surface area contributed by atoms with Crippen molar-refractivity contribution in [3.05, 3.63) is 0 Å². The largest absolute Gasteiger partial charge is 0.315 e. The standard InChI is InChI=1S/C10H21NOS/c1-9(2)11-6-4-10(5-7-11)8-12-13-3/h9-10H,4-8H2,1-3H3. The molecule has 0 saturated carbocycles. The second-order valence-electron chi connectivity index (χ2n) is 4.02. The van der Waals surface area contributed by atoms with E-state index in [2.05, 4.69) is 18.7 Å². The van der Waals surface area contributed by atoms with E-state index in [1.807, 2.05) is 6.26 Å². The topological polar surface area (TPSA) is 12.5 Å². The second-order valence-corrected chi connectivity index (χ2v) is 4.59. The molecule has 0 spiro atoms. The van der Waals surface area contributed by atoms with Crippen molar-refractivity contribution in [3.8, 4) is 0 Å². The predicted molar refractivity (Wildman–Crippen MR) is 58.9 cm³/mol. The summed E-state index contributed by atoms with van der Waals surface area (Å²) in [5.41, 5.74) is 0. The molecule has 0 aliphatic carbocycles. The van der Waals surface area contributed by atoms with E-state index in [9.17, 15) is 0 Å². The van der Waals surface area contributed by atoms with Crippen LogP contribution >= 0.6 is 12.0 Å². The number of rotatable bonds is 4. The van der Waals surface area contributed by atoms with E-state index in [4.69, 9.17) is 4.18 Å². The van der Waals surface area contributed by atoms with Gasteiger partial charge in [0.05, 0.1) is 6.61 Å². The molecule has 0 unspecified atom stereocenters. The van der Waals surface area contributed by atoms with Gasteiger partial charge in [-0.05, 0) is 57.7 Å². The summed E-state index contributed by atoms with van der Waals surface area (Å²) in [6.07, 6.45) is 4.60. The molecule has 1 aliphatic heterocycles. The van der Waals surface area contributed by atoms with Gasteiger partial charge in [0, 0.05) is 12.3 Å². The minimum absolute atomic E-state index is 0.711. The molecule has 78 valence electrons. The van der Waals surface area contributed by atoms with Crippen molar-refractivity contribution < 1.29 is 4.18 Å². The van der Waals surface area contributed by atoms with Gasteiger partial charge in [-0.2, -0.15) is 0 Å². The van der Waals surface area contributed by atoms with Crippen molar-refractivity contribution in [3.63, 3.8) is 0 Å². The molecule has 2 nitrogen and oxygen atoms in total. The van der Waals surface area contributed by atoms with Crippen LogP contribution < -0.4 is 0 Å². The molecule has 0 bridgehead atoms. The third kappa shape index (κ3) is 3.88. The van der Waals surface area contributed by atoms with E-state index in [1.54, 1.807) is 0 Å². The quantitative estimate of drug-likeness (QED) is 0.651. The van der Waals surface area contributed by atoms with E-state index in [-0.39, 0.29) is 0 Å². The number of nitrogens with zero attached hydrogens (tertiary/aromatic N) is 1. The fourth-order valence-corrected chi connectivity index (χ4v) is 2.13. The lowest BCUT2D eigenvalue weighted by molar-refractivity contribution is 0.126. The molecule has 3 heteroatoms. The van der Waals surface area contributed by atoms with Gasteiger partial charge in [-0.15, -0.1) is 0 Å². The molecule has 1 aliphatic rings. The zero-order chi connectivity index (χ0) is 9.68. The van der Waals surface area contributed by atoms with Gasteiger partial charge in [-0.1, -0.05) is 0 Å². The minimum Gasteiger partial charge on any atom is -0.315 e. The first kappa shape index (κ1) is 11.3. The first-order valence-electron chi connectivity index (χ1n) is 5.13. The van der Waals surface area contributed by atoms with Gasteiger partial charge in [-0.25, -0.2) is 0 Å².